The van der Waals surface area contributed by atoms with Gasteiger partial charge in [0.25, 0.3) is 0 Å². The van der Waals surface area contributed by atoms with Gasteiger partial charge in [0.05, 0.1) is 32.0 Å². The summed E-state index contributed by atoms with van der Waals surface area (Å²) < 4.78 is 109. The van der Waals surface area contributed by atoms with Crippen LogP contribution in [0.2, 0.25) is 0 Å². The Hall–Kier alpha value is -4.49. The van der Waals surface area contributed by atoms with Gasteiger partial charge in [-0.05, 0) is 87.8 Å². The van der Waals surface area contributed by atoms with Crippen LogP contribution < -0.4 is 14.2 Å². The number of esters is 3. The molecule has 0 saturated carbocycles. The fourth-order valence-corrected chi connectivity index (χ4v) is 4.13. The summed E-state index contributed by atoms with van der Waals surface area (Å²) in [4.78, 5) is 34.6. The van der Waals surface area contributed by atoms with Gasteiger partial charge in [-0.1, -0.05) is 13.2 Å². The molecule has 0 heterocycles. The van der Waals surface area contributed by atoms with Crippen molar-refractivity contribution in [1.29, 1.82) is 0 Å². The zero-order valence-corrected chi connectivity index (χ0v) is 25.6. The summed E-state index contributed by atoms with van der Waals surface area (Å²) in [7, 11) is 0. The summed E-state index contributed by atoms with van der Waals surface area (Å²) in [5.41, 5.74) is -4.50. The van der Waals surface area contributed by atoms with Crippen LogP contribution in [0, 0.1) is 0 Å². The molecular formula is C33H36F6O8. The van der Waals surface area contributed by atoms with E-state index in [1.54, 1.807) is 0 Å². The number of ether oxygens (including phenoxy) is 5. The maximum atomic E-state index is 14.0. The molecule has 0 N–H and O–H groups in total. The average Bonchev–Trinajstić information content (AvgIpc) is 3.02. The normalized spacial score (nSPS) is 11.4. The molecule has 14 heteroatoms. The number of carbonyl (C=O) groups excluding carboxylic acids is 3. The third kappa shape index (κ3) is 13.8. The van der Waals surface area contributed by atoms with Gasteiger partial charge in [-0.15, -0.1) is 0 Å². The Balaban J connectivity index is 2.00. The molecule has 0 aliphatic rings. The van der Waals surface area contributed by atoms with Gasteiger partial charge in [0, 0.05) is 12.2 Å². The lowest BCUT2D eigenvalue weighted by Gasteiger charge is -2.22. The maximum Gasteiger partial charge on any atom is 0.420 e. The standard InChI is InChI=1S/C33H36F6O8/c1-3-27(40)45-21-11-7-5-9-19-43-24-15-13-23(14-16-24)31(42)47-26-18-17-25(29(32(34,35)36)30(26)33(37,38)39)44-20-10-6-8-12-22-46-28(41)4-2/h3-4,13-18H,1-2,5-12,19-22H2. The van der Waals surface area contributed by atoms with E-state index in [4.69, 9.17) is 23.7 Å². The second-order valence-corrected chi connectivity index (χ2v) is 9.99. The molecule has 0 aliphatic heterocycles. The molecule has 258 valence electrons. The van der Waals surface area contributed by atoms with Crippen LogP contribution in [-0.2, 0) is 31.4 Å². The summed E-state index contributed by atoms with van der Waals surface area (Å²) in [5, 5.41) is 0. The predicted octanol–water partition coefficient (Wildman–Crippen LogP) is 8.28. The Morgan fingerprint density at radius 1 is 0.574 bits per heavy atom. The van der Waals surface area contributed by atoms with Gasteiger partial charge in [-0.3, -0.25) is 0 Å². The number of halogens is 6. The van der Waals surface area contributed by atoms with Crippen LogP contribution >= 0.6 is 0 Å². The number of carbonyl (C=O) groups is 3. The molecular weight excluding hydrogens is 638 g/mol. The largest absolute Gasteiger partial charge is 0.494 e. The number of alkyl halides is 6. The first kappa shape index (κ1) is 38.7. The SMILES string of the molecule is C=CC(=O)OCCCCCCOc1ccc(C(=O)Oc2ccc(OCCCCCCOC(=O)C=C)c(C(F)(F)F)c2C(F)(F)F)cc1. The number of unbranched alkanes of at least 4 members (excludes halogenated alkanes) is 6. The Kier molecular flexibility index (Phi) is 15.8. The van der Waals surface area contributed by atoms with Crippen molar-refractivity contribution < 1.29 is 64.4 Å². The minimum absolute atomic E-state index is 0.122. The molecule has 0 spiro atoms. The second kappa shape index (κ2) is 19.2. The number of hydrogen-bond acceptors (Lipinski definition) is 8. The minimum atomic E-state index is -5.55. The van der Waals surface area contributed by atoms with Crippen LogP contribution in [0.25, 0.3) is 0 Å². The van der Waals surface area contributed by atoms with E-state index in [1.165, 1.54) is 24.3 Å². The lowest BCUT2D eigenvalue weighted by molar-refractivity contribution is -0.163. The predicted molar refractivity (Wildman–Crippen MR) is 158 cm³/mol. The number of rotatable bonds is 20. The summed E-state index contributed by atoms with van der Waals surface area (Å²) >= 11 is 0. The van der Waals surface area contributed by atoms with Crippen LogP contribution in [0.5, 0.6) is 17.2 Å². The molecule has 0 aromatic heterocycles. The summed E-state index contributed by atoms with van der Waals surface area (Å²) in [6.45, 7) is 6.97. The molecule has 0 bridgehead atoms. The average molecular weight is 675 g/mol. The number of benzene rings is 2. The smallest absolute Gasteiger partial charge is 0.420 e. The minimum Gasteiger partial charge on any atom is -0.494 e. The van der Waals surface area contributed by atoms with Crippen molar-refractivity contribution >= 4 is 17.9 Å². The number of hydrogen-bond donors (Lipinski definition) is 0. The molecule has 0 unspecified atom stereocenters. The van der Waals surface area contributed by atoms with Crippen LogP contribution in [0.15, 0.2) is 61.7 Å². The van der Waals surface area contributed by atoms with E-state index in [2.05, 4.69) is 13.2 Å². The third-order valence-electron chi connectivity index (χ3n) is 6.41. The molecule has 0 atom stereocenters. The van der Waals surface area contributed by atoms with Crippen LogP contribution in [-0.4, -0.2) is 44.3 Å². The monoisotopic (exact) mass is 674 g/mol. The van der Waals surface area contributed by atoms with E-state index in [1.807, 2.05) is 0 Å². The Morgan fingerprint density at radius 2 is 1.00 bits per heavy atom. The first-order chi connectivity index (χ1) is 22.3. The topological polar surface area (TPSA) is 97.4 Å². The molecule has 47 heavy (non-hydrogen) atoms. The molecule has 0 aliphatic carbocycles. The van der Waals surface area contributed by atoms with Crippen molar-refractivity contribution in [3.63, 3.8) is 0 Å². The van der Waals surface area contributed by atoms with Crippen molar-refractivity contribution in [1.82, 2.24) is 0 Å². The molecule has 2 aromatic rings. The Bertz CT molecular complexity index is 1340. The van der Waals surface area contributed by atoms with Gasteiger partial charge in [-0.25, -0.2) is 14.4 Å². The fourth-order valence-electron chi connectivity index (χ4n) is 4.13. The van der Waals surface area contributed by atoms with Gasteiger partial charge in [0.1, 0.15) is 28.4 Å². The summed E-state index contributed by atoms with van der Waals surface area (Å²) in [6, 6.07) is 6.47. The molecule has 2 aromatic carbocycles. The zero-order chi connectivity index (χ0) is 34.9. The fraction of sp³-hybridized carbons (Fsp3) is 0.424. The molecule has 2 rings (SSSR count). The Labute approximate surface area is 268 Å². The third-order valence-corrected chi connectivity index (χ3v) is 6.41. The first-order valence-electron chi connectivity index (χ1n) is 14.8. The van der Waals surface area contributed by atoms with Gasteiger partial charge < -0.3 is 23.7 Å². The molecule has 0 radical (unpaired) electrons. The second-order valence-electron chi connectivity index (χ2n) is 9.99. The first-order valence-corrected chi connectivity index (χ1v) is 14.8. The molecule has 0 fully saturated rings. The van der Waals surface area contributed by atoms with Gasteiger partial charge in [0.15, 0.2) is 0 Å². The highest BCUT2D eigenvalue weighted by Crippen LogP contribution is 2.49. The van der Waals surface area contributed by atoms with Crippen LogP contribution in [0.4, 0.5) is 26.3 Å². The highest BCUT2D eigenvalue weighted by Gasteiger charge is 2.48. The summed E-state index contributed by atoms with van der Waals surface area (Å²) in [6.07, 6.45) is -4.34. The Morgan fingerprint density at radius 3 is 1.47 bits per heavy atom. The van der Waals surface area contributed by atoms with Crippen LogP contribution in [0.1, 0.15) is 72.9 Å². The molecule has 8 nitrogen and oxygen atoms in total. The van der Waals surface area contributed by atoms with Crippen molar-refractivity contribution in [3.05, 3.63) is 78.4 Å². The van der Waals surface area contributed by atoms with E-state index in [9.17, 15) is 40.7 Å². The highest BCUT2D eigenvalue weighted by molar-refractivity contribution is 5.91. The van der Waals surface area contributed by atoms with E-state index < -0.39 is 52.9 Å². The van der Waals surface area contributed by atoms with E-state index >= 15 is 0 Å². The van der Waals surface area contributed by atoms with Gasteiger partial charge in [0.2, 0.25) is 0 Å². The maximum absolute atomic E-state index is 14.0. The van der Waals surface area contributed by atoms with E-state index in [0.717, 1.165) is 25.0 Å². The van der Waals surface area contributed by atoms with Crippen molar-refractivity contribution in [3.8, 4) is 17.2 Å². The zero-order valence-electron chi connectivity index (χ0n) is 25.6. The van der Waals surface area contributed by atoms with Crippen LogP contribution in [0.3, 0.4) is 0 Å². The van der Waals surface area contributed by atoms with Crippen molar-refractivity contribution in [2.75, 3.05) is 26.4 Å². The van der Waals surface area contributed by atoms with E-state index in [-0.39, 0.29) is 31.8 Å². The van der Waals surface area contributed by atoms with Crippen molar-refractivity contribution in [2.24, 2.45) is 0 Å². The lowest BCUT2D eigenvalue weighted by atomic mass is 10.0. The quantitative estimate of drug-likeness (QED) is 0.0455. The van der Waals surface area contributed by atoms with Crippen molar-refractivity contribution in [2.45, 2.75) is 63.7 Å². The molecule has 0 amide bonds. The van der Waals surface area contributed by atoms with Gasteiger partial charge >= 0.3 is 30.3 Å². The summed E-state index contributed by atoms with van der Waals surface area (Å²) in [5.74, 6) is -4.40. The lowest BCUT2D eigenvalue weighted by Crippen LogP contribution is -2.21. The van der Waals surface area contributed by atoms with E-state index in [0.29, 0.717) is 56.6 Å². The van der Waals surface area contributed by atoms with Gasteiger partial charge in [-0.2, -0.15) is 26.3 Å². The molecule has 0 saturated heterocycles. The highest BCUT2D eigenvalue weighted by atomic mass is 19.4.